The number of nitrogens with two attached hydrogens (primary N) is 1. The molecule has 3 N–H and O–H groups in total. The summed E-state index contributed by atoms with van der Waals surface area (Å²) in [6.07, 6.45) is 3.49. The number of aromatic nitrogens is 2. The third kappa shape index (κ3) is 4.70. The van der Waals surface area contributed by atoms with E-state index in [2.05, 4.69) is 10.3 Å². The molecule has 0 saturated carbocycles. The van der Waals surface area contributed by atoms with E-state index in [0.29, 0.717) is 5.16 Å². The van der Waals surface area contributed by atoms with Crippen molar-refractivity contribution in [1.29, 1.82) is 0 Å². The topological polar surface area (TPSA) is 129 Å². The van der Waals surface area contributed by atoms with Crippen LogP contribution in [0.4, 0.5) is 5.88 Å². The van der Waals surface area contributed by atoms with Crippen LogP contribution in [0.1, 0.15) is 44.5 Å². The van der Waals surface area contributed by atoms with Gasteiger partial charge >= 0.3 is 5.97 Å². The van der Waals surface area contributed by atoms with E-state index in [1.807, 2.05) is 42.8 Å². The van der Waals surface area contributed by atoms with Gasteiger partial charge in [0.2, 0.25) is 11.8 Å². The van der Waals surface area contributed by atoms with Gasteiger partial charge in [-0.25, -0.2) is 9.78 Å². The third-order valence-corrected chi connectivity index (χ3v) is 5.80. The second-order valence-corrected chi connectivity index (χ2v) is 7.90. The molecule has 168 valence electrons. The average molecular weight is 457 g/mol. The number of esters is 1. The minimum atomic E-state index is -0.904. The third-order valence-electron chi connectivity index (χ3n) is 4.84. The number of amides is 2. The van der Waals surface area contributed by atoms with Crippen molar-refractivity contribution < 1.29 is 23.5 Å². The first-order valence-electron chi connectivity index (χ1n) is 9.87. The van der Waals surface area contributed by atoms with Gasteiger partial charge in [0.1, 0.15) is 16.9 Å². The normalized spacial score (nSPS) is 10.8. The lowest BCUT2D eigenvalue weighted by atomic mass is 10.1. The van der Waals surface area contributed by atoms with Crippen molar-refractivity contribution in [2.75, 3.05) is 17.7 Å². The molecule has 3 aromatic rings. The summed E-state index contributed by atoms with van der Waals surface area (Å²) in [6.45, 7) is 7.30. The number of nitrogens with zero attached hydrogens (tertiary/aromatic N) is 2. The Morgan fingerprint density at radius 2 is 1.97 bits per heavy atom. The van der Waals surface area contributed by atoms with Crippen LogP contribution >= 0.6 is 11.8 Å². The van der Waals surface area contributed by atoms with E-state index in [1.54, 1.807) is 13.1 Å². The van der Waals surface area contributed by atoms with Crippen molar-refractivity contribution in [3.05, 3.63) is 58.6 Å². The number of aryl methyl sites for hydroxylation is 2. The van der Waals surface area contributed by atoms with Crippen molar-refractivity contribution in [2.45, 2.75) is 32.9 Å². The highest BCUT2D eigenvalue weighted by Crippen LogP contribution is 2.29. The van der Waals surface area contributed by atoms with E-state index in [0.717, 1.165) is 16.8 Å². The molecule has 10 heteroatoms. The molecular weight excluding hydrogens is 432 g/mol. The molecule has 2 heterocycles. The van der Waals surface area contributed by atoms with Gasteiger partial charge in [-0.2, -0.15) is 0 Å². The molecule has 0 radical (unpaired) electrons. The van der Waals surface area contributed by atoms with Crippen LogP contribution in [0.5, 0.6) is 0 Å². The monoisotopic (exact) mass is 456 g/mol. The second kappa shape index (κ2) is 9.73. The molecule has 0 saturated heterocycles. The summed E-state index contributed by atoms with van der Waals surface area (Å²) >= 11 is 1.22. The molecule has 0 unspecified atom stereocenters. The first-order valence-corrected chi connectivity index (χ1v) is 10.9. The van der Waals surface area contributed by atoms with E-state index in [-0.39, 0.29) is 35.1 Å². The maximum absolute atomic E-state index is 12.6. The van der Waals surface area contributed by atoms with Gasteiger partial charge in [0.15, 0.2) is 5.16 Å². The SMILES string of the molecule is CCOC(=O)c1c(C)oc(NC(=O)CSc2nccn2-c2cccc(C)c2C)c1C(N)=O. The highest BCUT2D eigenvalue weighted by molar-refractivity contribution is 7.99. The predicted molar refractivity (Wildman–Crippen MR) is 120 cm³/mol. The number of primary amides is 1. The number of rotatable bonds is 8. The summed E-state index contributed by atoms with van der Waals surface area (Å²) < 4.78 is 12.3. The minimum Gasteiger partial charge on any atom is -0.462 e. The van der Waals surface area contributed by atoms with Crippen molar-refractivity contribution in [2.24, 2.45) is 5.73 Å². The molecule has 0 spiro atoms. The molecule has 1 aromatic carbocycles. The molecule has 3 rings (SSSR count). The lowest BCUT2D eigenvalue weighted by Gasteiger charge is -2.12. The number of hydrogen-bond acceptors (Lipinski definition) is 7. The van der Waals surface area contributed by atoms with Gasteiger partial charge in [-0.3, -0.25) is 19.5 Å². The average Bonchev–Trinajstić information content (AvgIpc) is 3.32. The number of carbonyl (C=O) groups is 3. The van der Waals surface area contributed by atoms with Gasteiger partial charge in [-0.05, 0) is 44.9 Å². The van der Waals surface area contributed by atoms with Crippen LogP contribution in [-0.4, -0.2) is 39.7 Å². The summed E-state index contributed by atoms with van der Waals surface area (Å²) in [4.78, 5) is 41.0. The zero-order valence-corrected chi connectivity index (χ0v) is 19.0. The molecule has 9 nitrogen and oxygen atoms in total. The van der Waals surface area contributed by atoms with Crippen LogP contribution in [-0.2, 0) is 9.53 Å². The number of imidazole rings is 1. The summed E-state index contributed by atoms with van der Waals surface area (Å²) in [5, 5.41) is 3.15. The number of nitrogens with one attached hydrogen (secondary N) is 1. The van der Waals surface area contributed by atoms with Gasteiger partial charge in [-0.15, -0.1) is 0 Å². The zero-order chi connectivity index (χ0) is 23.4. The number of benzene rings is 1. The van der Waals surface area contributed by atoms with E-state index >= 15 is 0 Å². The Hall–Kier alpha value is -3.53. The van der Waals surface area contributed by atoms with Crippen LogP contribution < -0.4 is 11.1 Å². The summed E-state index contributed by atoms with van der Waals surface area (Å²) in [7, 11) is 0. The largest absolute Gasteiger partial charge is 0.462 e. The maximum atomic E-state index is 12.6. The number of ether oxygens (including phenoxy) is 1. The second-order valence-electron chi connectivity index (χ2n) is 6.96. The Morgan fingerprint density at radius 3 is 2.66 bits per heavy atom. The number of carbonyl (C=O) groups excluding carboxylic acids is 3. The number of furan rings is 1. The van der Waals surface area contributed by atoms with Crippen LogP contribution in [0, 0.1) is 20.8 Å². The quantitative estimate of drug-likeness (QED) is 0.392. The Kier molecular flexibility index (Phi) is 7.04. The lowest BCUT2D eigenvalue weighted by Crippen LogP contribution is -2.21. The van der Waals surface area contributed by atoms with Gasteiger partial charge in [0.05, 0.1) is 18.0 Å². The summed E-state index contributed by atoms with van der Waals surface area (Å²) in [5.41, 5.74) is 8.36. The van der Waals surface area contributed by atoms with E-state index in [9.17, 15) is 14.4 Å². The van der Waals surface area contributed by atoms with Crippen LogP contribution in [0.15, 0.2) is 40.2 Å². The fraction of sp³-hybridized carbons (Fsp3) is 0.273. The Balaban J connectivity index is 1.77. The first kappa shape index (κ1) is 23.1. The van der Waals surface area contributed by atoms with Crippen LogP contribution in [0.25, 0.3) is 5.69 Å². The van der Waals surface area contributed by atoms with E-state index in [4.69, 9.17) is 14.9 Å². The van der Waals surface area contributed by atoms with Crippen LogP contribution in [0.3, 0.4) is 0 Å². The van der Waals surface area contributed by atoms with Crippen molar-refractivity contribution in [3.63, 3.8) is 0 Å². The van der Waals surface area contributed by atoms with Gasteiger partial charge in [-0.1, -0.05) is 23.9 Å². The molecule has 2 amide bonds. The number of anilines is 1. The molecule has 32 heavy (non-hydrogen) atoms. The minimum absolute atomic E-state index is 0.00539. The first-order chi connectivity index (χ1) is 15.2. The molecule has 0 aliphatic heterocycles. The number of thioether (sulfide) groups is 1. The van der Waals surface area contributed by atoms with Crippen molar-refractivity contribution in [3.8, 4) is 5.69 Å². The number of hydrogen-bond donors (Lipinski definition) is 2. The Morgan fingerprint density at radius 1 is 1.22 bits per heavy atom. The Bertz CT molecular complexity index is 1180. The van der Waals surface area contributed by atoms with Crippen molar-refractivity contribution >= 4 is 35.4 Å². The smallest absolute Gasteiger partial charge is 0.342 e. The molecule has 0 bridgehead atoms. The highest BCUT2D eigenvalue weighted by Gasteiger charge is 2.29. The highest BCUT2D eigenvalue weighted by atomic mass is 32.2. The standard InChI is InChI=1S/C22H24N4O5S/c1-5-30-21(29)17-14(4)31-20(18(17)19(23)28)25-16(27)11-32-22-24-9-10-26(22)15-8-6-7-12(2)13(15)3/h6-10H,5,11H2,1-4H3,(H2,23,28)(H,25,27). The van der Waals surface area contributed by atoms with E-state index < -0.39 is 17.8 Å². The predicted octanol–water partition coefficient (Wildman–Crippen LogP) is 3.40. The molecule has 0 aliphatic rings. The molecule has 0 fully saturated rings. The lowest BCUT2D eigenvalue weighted by molar-refractivity contribution is -0.113. The molecule has 0 aliphatic carbocycles. The van der Waals surface area contributed by atoms with Gasteiger partial charge < -0.3 is 14.9 Å². The van der Waals surface area contributed by atoms with E-state index in [1.165, 1.54) is 18.7 Å². The maximum Gasteiger partial charge on any atom is 0.342 e. The zero-order valence-electron chi connectivity index (χ0n) is 18.2. The molecule has 2 aromatic heterocycles. The summed E-state index contributed by atoms with van der Waals surface area (Å²) in [5.74, 6) is -2.15. The Labute approximate surface area is 189 Å². The van der Waals surface area contributed by atoms with Gasteiger partial charge in [0, 0.05) is 12.4 Å². The fourth-order valence-electron chi connectivity index (χ4n) is 3.19. The van der Waals surface area contributed by atoms with Crippen LogP contribution in [0.2, 0.25) is 0 Å². The summed E-state index contributed by atoms with van der Waals surface area (Å²) in [6, 6.07) is 5.97. The van der Waals surface area contributed by atoms with Crippen molar-refractivity contribution in [1.82, 2.24) is 9.55 Å². The van der Waals surface area contributed by atoms with Gasteiger partial charge in [0.25, 0.3) is 5.91 Å². The molecular formula is C22H24N4O5S. The molecule has 0 atom stereocenters. The fourth-order valence-corrected chi connectivity index (χ4v) is 3.95.